The average Bonchev–Trinajstić information content (AvgIpc) is 3.07. The lowest BCUT2D eigenvalue weighted by molar-refractivity contribution is -0.139. The fourth-order valence-electron chi connectivity index (χ4n) is 3.79. The van der Waals surface area contributed by atoms with E-state index in [1.807, 2.05) is 13.8 Å². The van der Waals surface area contributed by atoms with Gasteiger partial charge in [0.2, 0.25) is 15.9 Å². The molecule has 2 rings (SSSR count). The molecule has 0 radical (unpaired) electrons. The van der Waals surface area contributed by atoms with Crippen molar-refractivity contribution in [3.8, 4) is 0 Å². The third-order valence-corrected chi connectivity index (χ3v) is 7.02. The molecule has 0 aromatic carbocycles. The van der Waals surface area contributed by atoms with E-state index >= 15 is 0 Å². The van der Waals surface area contributed by atoms with Gasteiger partial charge in [-0.05, 0) is 38.0 Å². The molecule has 2 aliphatic rings. The first kappa shape index (κ1) is 20.2. The fourth-order valence-corrected chi connectivity index (χ4v) is 5.43. The number of rotatable bonds is 7. The summed E-state index contributed by atoms with van der Waals surface area (Å²) in [5.41, 5.74) is 0. The van der Waals surface area contributed by atoms with Crippen LogP contribution in [-0.4, -0.2) is 54.7 Å². The van der Waals surface area contributed by atoms with E-state index < -0.39 is 27.3 Å². The Bertz CT molecular complexity index is 584. The maximum Gasteiger partial charge on any atom is 0.321 e. The number of sulfonamides is 1. The lowest BCUT2D eigenvalue weighted by atomic mass is 10.0. The zero-order valence-electron chi connectivity index (χ0n) is 15.1. The Labute approximate surface area is 150 Å². The lowest BCUT2D eigenvalue weighted by Gasteiger charge is -2.34. The number of carboxylic acids is 1. The quantitative estimate of drug-likeness (QED) is 0.704. The summed E-state index contributed by atoms with van der Waals surface area (Å²) >= 11 is 0. The highest BCUT2D eigenvalue weighted by atomic mass is 32.2. The molecule has 2 fully saturated rings. The van der Waals surface area contributed by atoms with Gasteiger partial charge in [0.25, 0.3) is 0 Å². The highest BCUT2D eigenvalue weighted by molar-refractivity contribution is 7.90. The van der Waals surface area contributed by atoms with Crippen LogP contribution in [0.2, 0.25) is 0 Å². The van der Waals surface area contributed by atoms with Gasteiger partial charge in [0.05, 0.1) is 5.25 Å². The van der Waals surface area contributed by atoms with E-state index in [-0.39, 0.29) is 30.7 Å². The first-order valence-corrected chi connectivity index (χ1v) is 10.8. The van der Waals surface area contributed by atoms with Gasteiger partial charge in [0.15, 0.2) is 0 Å². The largest absolute Gasteiger partial charge is 0.480 e. The molecule has 25 heavy (non-hydrogen) atoms. The summed E-state index contributed by atoms with van der Waals surface area (Å²) in [4.78, 5) is 25.6. The van der Waals surface area contributed by atoms with Gasteiger partial charge in [0, 0.05) is 19.0 Å². The summed E-state index contributed by atoms with van der Waals surface area (Å²) in [5, 5.41) is 8.54. The Morgan fingerprint density at radius 3 is 2.36 bits per heavy atom. The van der Waals surface area contributed by atoms with Crippen molar-refractivity contribution in [3.63, 3.8) is 0 Å². The van der Waals surface area contributed by atoms with Gasteiger partial charge in [-0.2, -0.15) is 0 Å². The molecule has 1 amide bonds. The van der Waals surface area contributed by atoms with Gasteiger partial charge in [-0.1, -0.05) is 26.7 Å². The number of likely N-dealkylation sites (tertiary alicyclic amines) is 1. The van der Waals surface area contributed by atoms with Gasteiger partial charge >= 0.3 is 5.97 Å². The van der Waals surface area contributed by atoms with Crippen molar-refractivity contribution >= 4 is 21.9 Å². The van der Waals surface area contributed by atoms with Crippen molar-refractivity contribution in [2.75, 3.05) is 13.1 Å². The molecule has 0 aromatic heterocycles. The Morgan fingerprint density at radius 1 is 1.16 bits per heavy atom. The molecule has 2 unspecified atom stereocenters. The number of hydrogen-bond acceptors (Lipinski definition) is 4. The molecule has 2 N–H and O–H groups in total. The second-order valence-electron chi connectivity index (χ2n) is 7.71. The molecule has 144 valence electrons. The summed E-state index contributed by atoms with van der Waals surface area (Å²) in [6.07, 6.45) is 5.22. The van der Waals surface area contributed by atoms with E-state index in [0.29, 0.717) is 19.4 Å². The van der Waals surface area contributed by atoms with Gasteiger partial charge in [0.1, 0.15) is 6.04 Å². The average molecular weight is 375 g/mol. The summed E-state index contributed by atoms with van der Waals surface area (Å²) in [5.74, 6) is -1.00. The topological polar surface area (TPSA) is 104 Å². The van der Waals surface area contributed by atoms with Crippen molar-refractivity contribution in [1.82, 2.24) is 9.62 Å². The van der Waals surface area contributed by atoms with E-state index in [1.165, 1.54) is 0 Å². The van der Waals surface area contributed by atoms with Crippen LogP contribution in [0.3, 0.4) is 0 Å². The van der Waals surface area contributed by atoms with Crippen LogP contribution in [0.5, 0.6) is 0 Å². The summed E-state index contributed by atoms with van der Waals surface area (Å²) < 4.78 is 27.7. The van der Waals surface area contributed by atoms with Crippen molar-refractivity contribution in [2.24, 2.45) is 11.8 Å². The number of nitrogens with one attached hydrogen (secondary N) is 1. The third-order valence-electron chi connectivity index (χ3n) is 5.14. The molecule has 0 aromatic rings. The van der Waals surface area contributed by atoms with Crippen LogP contribution in [0, 0.1) is 11.8 Å². The lowest BCUT2D eigenvalue weighted by Crippen LogP contribution is -2.52. The zero-order chi connectivity index (χ0) is 18.6. The van der Waals surface area contributed by atoms with Crippen LogP contribution < -0.4 is 4.72 Å². The minimum absolute atomic E-state index is 0.0297. The molecule has 1 saturated carbocycles. The Hall–Kier alpha value is -1.15. The summed E-state index contributed by atoms with van der Waals surface area (Å²) in [7, 11) is -3.79. The van der Waals surface area contributed by atoms with Crippen LogP contribution >= 0.6 is 0 Å². The Kier molecular flexibility index (Phi) is 6.85. The summed E-state index contributed by atoms with van der Waals surface area (Å²) in [6.45, 7) is 4.47. The van der Waals surface area contributed by atoms with Crippen LogP contribution in [0.4, 0.5) is 0 Å². The number of hydrogen-bond donors (Lipinski definition) is 2. The molecule has 1 saturated heterocycles. The van der Waals surface area contributed by atoms with E-state index in [4.69, 9.17) is 0 Å². The zero-order valence-corrected chi connectivity index (χ0v) is 15.9. The Morgan fingerprint density at radius 2 is 1.80 bits per heavy atom. The second-order valence-corrected chi connectivity index (χ2v) is 9.71. The molecule has 0 spiro atoms. The van der Waals surface area contributed by atoms with Crippen LogP contribution in [0.1, 0.15) is 58.8 Å². The second kappa shape index (κ2) is 8.49. The number of amides is 1. The number of nitrogens with zero attached hydrogens (tertiary/aromatic N) is 1. The van der Waals surface area contributed by atoms with Crippen molar-refractivity contribution in [2.45, 2.75) is 70.1 Å². The molecule has 2 atom stereocenters. The molecular formula is C17H30N2O5S. The van der Waals surface area contributed by atoms with Crippen molar-refractivity contribution in [3.05, 3.63) is 0 Å². The summed E-state index contributed by atoms with van der Waals surface area (Å²) in [6, 6.07) is -1.12. The minimum atomic E-state index is -3.79. The van der Waals surface area contributed by atoms with Gasteiger partial charge in [-0.25, -0.2) is 13.1 Å². The molecule has 1 aliphatic heterocycles. The SMILES string of the molecule is CC(C)CC(NS(=O)(=O)C1CCCN(C(=O)C2CCCC2)C1)C(=O)O. The number of carbonyl (C=O) groups excluding carboxylic acids is 1. The van der Waals surface area contributed by atoms with Crippen LogP contribution in [0.25, 0.3) is 0 Å². The highest BCUT2D eigenvalue weighted by Crippen LogP contribution is 2.28. The van der Waals surface area contributed by atoms with Crippen LogP contribution in [0.15, 0.2) is 0 Å². The van der Waals surface area contributed by atoms with Gasteiger partial charge in [-0.3, -0.25) is 9.59 Å². The normalized spacial score (nSPS) is 23.8. The smallest absolute Gasteiger partial charge is 0.321 e. The number of carbonyl (C=O) groups is 2. The Balaban J connectivity index is 2.02. The molecular weight excluding hydrogens is 344 g/mol. The molecule has 8 heteroatoms. The number of aliphatic carboxylic acids is 1. The van der Waals surface area contributed by atoms with Crippen molar-refractivity contribution in [1.29, 1.82) is 0 Å². The third kappa shape index (κ3) is 5.41. The van der Waals surface area contributed by atoms with Gasteiger partial charge in [-0.15, -0.1) is 0 Å². The van der Waals surface area contributed by atoms with Gasteiger partial charge < -0.3 is 10.0 Å². The standard InChI is InChI=1S/C17H30N2O5S/c1-12(2)10-15(17(21)22)18-25(23,24)14-8-5-9-19(11-14)16(20)13-6-3-4-7-13/h12-15,18H,3-11H2,1-2H3,(H,21,22). The fraction of sp³-hybridized carbons (Fsp3) is 0.882. The van der Waals surface area contributed by atoms with E-state index in [2.05, 4.69) is 4.72 Å². The molecule has 7 nitrogen and oxygen atoms in total. The molecule has 0 bridgehead atoms. The molecule has 1 heterocycles. The number of carboxylic acid groups (broad SMARTS) is 1. The predicted molar refractivity (Wildman–Crippen MR) is 94.5 cm³/mol. The number of piperidine rings is 1. The first-order valence-electron chi connectivity index (χ1n) is 9.23. The van der Waals surface area contributed by atoms with E-state index in [0.717, 1.165) is 25.7 Å². The maximum absolute atomic E-state index is 12.7. The minimum Gasteiger partial charge on any atom is -0.480 e. The van der Waals surface area contributed by atoms with Crippen molar-refractivity contribution < 1.29 is 23.1 Å². The maximum atomic E-state index is 12.7. The van der Waals surface area contributed by atoms with Crippen LogP contribution in [-0.2, 0) is 19.6 Å². The highest BCUT2D eigenvalue weighted by Gasteiger charge is 2.37. The first-order chi connectivity index (χ1) is 11.7. The van der Waals surface area contributed by atoms with E-state index in [1.54, 1.807) is 4.90 Å². The monoisotopic (exact) mass is 374 g/mol. The molecule has 1 aliphatic carbocycles. The predicted octanol–water partition coefficient (Wildman–Crippen LogP) is 1.59. The van der Waals surface area contributed by atoms with E-state index in [9.17, 15) is 23.1 Å².